The summed E-state index contributed by atoms with van der Waals surface area (Å²) in [5.41, 5.74) is 0.409. The van der Waals surface area contributed by atoms with Crippen molar-refractivity contribution < 1.29 is 13.9 Å². The highest BCUT2D eigenvalue weighted by atomic mass is 16.6. The van der Waals surface area contributed by atoms with Gasteiger partial charge in [-0.05, 0) is 18.2 Å². The van der Waals surface area contributed by atoms with E-state index >= 15 is 0 Å². The van der Waals surface area contributed by atoms with E-state index in [1.165, 1.54) is 12.1 Å². The molecule has 0 atom stereocenters. The molecule has 0 amide bonds. The fraction of sp³-hybridized carbons (Fsp3) is 0. The van der Waals surface area contributed by atoms with E-state index in [1.54, 1.807) is 24.3 Å². The first-order valence-corrected chi connectivity index (χ1v) is 4.55. The van der Waals surface area contributed by atoms with E-state index < -0.39 is 0 Å². The van der Waals surface area contributed by atoms with Gasteiger partial charge < -0.3 is 9.15 Å². The van der Waals surface area contributed by atoms with Crippen LogP contribution in [0.15, 0.2) is 40.8 Å². The molecule has 1 aromatic heterocycles. The van der Waals surface area contributed by atoms with E-state index in [-0.39, 0.29) is 11.7 Å². The van der Waals surface area contributed by atoms with E-state index in [0.29, 0.717) is 17.6 Å². The number of hydrogen-bond acceptors (Lipinski definition) is 4. The number of hydrogen-bond donors (Lipinski definition) is 0. The Balaban J connectivity index is 2.27. The number of nitrogens with zero attached hydrogens (tertiary/aromatic N) is 1. The molecule has 0 saturated carbocycles. The third-order valence-electron chi connectivity index (χ3n) is 1.94. The molecule has 0 radical (unpaired) electrons. The first kappa shape index (κ1) is 9.99. The van der Waals surface area contributed by atoms with Crippen molar-refractivity contribution in [1.29, 1.82) is 5.26 Å². The predicted octanol–water partition coefficient (Wildman–Crippen LogP) is 2.76. The van der Waals surface area contributed by atoms with Gasteiger partial charge >= 0.3 is 0 Å². The predicted molar refractivity (Wildman–Crippen MR) is 55.3 cm³/mol. The number of aldehydes is 1. The maximum atomic E-state index is 10.4. The topological polar surface area (TPSA) is 63.2 Å². The molecule has 1 aromatic carbocycles. The van der Waals surface area contributed by atoms with Crippen molar-refractivity contribution in [3.8, 4) is 17.8 Å². The molecule has 0 unspecified atom stereocenters. The Labute approximate surface area is 91.7 Å². The molecule has 0 aliphatic rings. The zero-order chi connectivity index (χ0) is 11.4. The van der Waals surface area contributed by atoms with E-state index in [0.717, 1.165) is 0 Å². The molecule has 4 heteroatoms. The summed E-state index contributed by atoms with van der Waals surface area (Å²) in [6.07, 6.45) is 0.586. The SMILES string of the molecule is N#Cc1ccccc1Oc1ccc(C=O)o1. The molecule has 0 spiro atoms. The monoisotopic (exact) mass is 213 g/mol. The van der Waals surface area contributed by atoms with Crippen LogP contribution in [-0.4, -0.2) is 6.29 Å². The Morgan fingerprint density at radius 3 is 2.75 bits per heavy atom. The lowest BCUT2D eigenvalue weighted by atomic mass is 10.2. The lowest BCUT2D eigenvalue weighted by molar-refractivity contribution is 0.109. The summed E-state index contributed by atoms with van der Waals surface area (Å²) in [5.74, 6) is 0.769. The number of rotatable bonds is 3. The molecular weight excluding hydrogens is 206 g/mol. The van der Waals surface area contributed by atoms with Crippen LogP contribution in [0, 0.1) is 11.3 Å². The van der Waals surface area contributed by atoms with E-state index in [4.69, 9.17) is 14.4 Å². The summed E-state index contributed by atoms with van der Waals surface area (Å²) in [5, 5.41) is 8.83. The van der Waals surface area contributed by atoms with Crippen molar-refractivity contribution >= 4 is 6.29 Å². The number of furan rings is 1. The first-order valence-electron chi connectivity index (χ1n) is 4.55. The smallest absolute Gasteiger partial charge is 0.290 e. The summed E-state index contributed by atoms with van der Waals surface area (Å²) >= 11 is 0. The minimum atomic E-state index is 0.185. The second kappa shape index (κ2) is 4.32. The van der Waals surface area contributed by atoms with Crippen molar-refractivity contribution in [3.63, 3.8) is 0 Å². The zero-order valence-electron chi connectivity index (χ0n) is 8.21. The average Bonchev–Trinajstić information content (AvgIpc) is 2.77. The van der Waals surface area contributed by atoms with Crippen LogP contribution in [0.3, 0.4) is 0 Å². The lowest BCUT2D eigenvalue weighted by Gasteiger charge is -2.02. The van der Waals surface area contributed by atoms with Crippen LogP contribution < -0.4 is 4.74 Å². The van der Waals surface area contributed by atoms with Gasteiger partial charge in [0.1, 0.15) is 11.8 Å². The highest BCUT2D eigenvalue weighted by Gasteiger charge is 2.06. The highest BCUT2D eigenvalue weighted by molar-refractivity contribution is 5.70. The molecule has 78 valence electrons. The summed E-state index contributed by atoms with van der Waals surface area (Å²) in [6, 6.07) is 11.8. The summed E-state index contributed by atoms with van der Waals surface area (Å²) in [4.78, 5) is 10.4. The maximum Gasteiger partial charge on any atom is 0.290 e. The van der Waals surface area contributed by atoms with Crippen molar-refractivity contribution in [2.75, 3.05) is 0 Å². The van der Waals surface area contributed by atoms with Gasteiger partial charge in [-0.2, -0.15) is 5.26 Å². The zero-order valence-corrected chi connectivity index (χ0v) is 8.21. The van der Waals surface area contributed by atoms with Gasteiger partial charge in [0.25, 0.3) is 5.95 Å². The van der Waals surface area contributed by atoms with Crippen LogP contribution in [0.25, 0.3) is 0 Å². The standard InChI is InChI=1S/C12H7NO3/c13-7-9-3-1-2-4-11(9)16-12-6-5-10(8-14)15-12/h1-6,8H. The fourth-order valence-corrected chi connectivity index (χ4v) is 1.21. The van der Waals surface area contributed by atoms with Gasteiger partial charge in [0.05, 0.1) is 5.56 Å². The van der Waals surface area contributed by atoms with Crippen LogP contribution in [0.4, 0.5) is 0 Å². The van der Waals surface area contributed by atoms with Gasteiger partial charge in [0.2, 0.25) is 0 Å². The molecule has 0 fully saturated rings. The Morgan fingerprint density at radius 1 is 1.25 bits per heavy atom. The van der Waals surface area contributed by atoms with Crippen LogP contribution in [-0.2, 0) is 0 Å². The normalized spacial score (nSPS) is 9.44. The number of carbonyl (C=O) groups excluding carboxylic acids is 1. The van der Waals surface area contributed by atoms with Crippen molar-refractivity contribution in [3.05, 3.63) is 47.7 Å². The number of para-hydroxylation sites is 1. The first-order chi connectivity index (χ1) is 7.83. The van der Waals surface area contributed by atoms with Crippen LogP contribution in [0.1, 0.15) is 16.1 Å². The third kappa shape index (κ3) is 1.93. The van der Waals surface area contributed by atoms with Gasteiger partial charge in [-0.25, -0.2) is 0 Å². The van der Waals surface area contributed by atoms with E-state index in [2.05, 4.69) is 0 Å². The van der Waals surface area contributed by atoms with Gasteiger partial charge in [0, 0.05) is 6.07 Å². The van der Waals surface area contributed by atoms with Gasteiger partial charge in [-0.1, -0.05) is 12.1 Å². The van der Waals surface area contributed by atoms with Crippen LogP contribution in [0.2, 0.25) is 0 Å². The lowest BCUT2D eigenvalue weighted by Crippen LogP contribution is -1.85. The second-order valence-corrected chi connectivity index (χ2v) is 2.98. The summed E-state index contributed by atoms with van der Waals surface area (Å²) in [6.45, 7) is 0. The van der Waals surface area contributed by atoms with Crippen molar-refractivity contribution in [2.45, 2.75) is 0 Å². The maximum absolute atomic E-state index is 10.4. The van der Waals surface area contributed by atoms with Gasteiger partial charge in [0.15, 0.2) is 12.0 Å². The highest BCUT2D eigenvalue weighted by Crippen LogP contribution is 2.25. The molecular formula is C12H7NO3. The number of ether oxygens (including phenoxy) is 1. The number of nitriles is 1. The molecule has 0 bridgehead atoms. The summed E-state index contributed by atoms with van der Waals surface area (Å²) in [7, 11) is 0. The second-order valence-electron chi connectivity index (χ2n) is 2.98. The number of benzene rings is 1. The van der Waals surface area contributed by atoms with Crippen LogP contribution in [0.5, 0.6) is 11.7 Å². The van der Waals surface area contributed by atoms with Crippen molar-refractivity contribution in [2.24, 2.45) is 0 Å². The molecule has 4 nitrogen and oxygen atoms in total. The fourth-order valence-electron chi connectivity index (χ4n) is 1.21. The molecule has 1 heterocycles. The summed E-state index contributed by atoms with van der Waals surface area (Å²) < 4.78 is 10.4. The molecule has 0 N–H and O–H groups in total. The van der Waals surface area contributed by atoms with Gasteiger partial charge in [-0.3, -0.25) is 4.79 Å². The molecule has 16 heavy (non-hydrogen) atoms. The van der Waals surface area contributed by atoms with Crippen molar-refractivity contribution in [1.82, 2.24) is 0 Å². The van der Waals surface area contributed by atoms with E-state index in [9.17, 15) is 4.79 Å². The molecule has 0 saturated heterocycles. The number of carbonyl (C=O) groups is 1. The quantitative estimate of drug-likeness (QED) is 0.735. The Morgan fingerprint density at radius 2 is 2.06 bits per heavy atom. The van der Waals surface area contributed by atoms with Crippen LogP contribution >= 0.6 is 0 Å². The van der Waals surface area contributed by atoms with E-state index in [1.807, 2.05) is 6.07 Å². The Bertz CT molecular complexity index is 551. The largest absolute Gasteiger partial charge is 0.425 e. The molecule has 2 rings (SSSR count). The minimum Gasteiger partial charge on any atom is -0.425 e. The molecule has 0 aliphatic carbocycles. The van der Waals surface area contributed by atoms with Gasteiger partial charge in [-0.15, -0.1) is 0 Å². The molecule has 2 aromatic rings. The minimum absolute atomic E-state index is 0.185. The molecule has 0 aliphatic heterocycles. The Hall–Kier alpha value is -2.54. The Kier molecular flexibility index (Phi) is 2.70. The third-order valence-corrected chi connectivity index (χ3v) is 1.94. The average molecular weight is 213 g/mol.